The Bertz CT molecular complexity index is 505. The molecule has 0 amide bonds. The minimum absolute atomic E-state index is 0.170. The predicted octanol–water partition coefficient (Wildman–Crippen LogP) is 2.10. The van der Waals surface area contributed by atoms with E-state index >= 15 is 0 Å². The molecule has 1 N–H and O–H groups in total. The highest BCUT2D eigenvalue weighted by Crippen LogP contribution is 2.35. The molecule has 0 radical (unpaired) electrons. The van der Waals surface area contributed by atoms with E-state index in [0.717, 1.165) is 19.4 Å². The molecule has 1 aromatic rings. The fourth-order valence-electron chi connectivity index (χ4n) is 2.87. The molecular weight excluding hydrogens is 260 g/mol. The molecule has 1 fully saturated rings. The number of rotatable bonds is 3. The summed E-state index contributed by atoms with van der Waals surface area (Å²) in [5, 5.41) is 13.3. The topological polar surface area (TPSA) is 85.5 Å². The minimum atomic E-state index is -0.805. The van der Waals surface area contributed by atoms with Crippen LogP contribution < -0.4 is 0 Å². The molecule has 1 aliphatic heterocycles. The van der Waals surface area contributed by atoms with Crippen molar-refractivity contribution in [2.24, 2.45) is 5.92 Å². The smallest absolute Gasteiger partial charge is 0.307 e. The van der Waals surface area contributed by atoms with Gasteiger partial charge in [0.05, 0.1) is 18.4 Å². The lowest BCUT2D eigenvalue weighted by Gasteiger charge is -2.21. The third-order valence-corrected chi connectivity index (χ3v) is 4.05. The first-order valence-corrected chi connectivity index (χ1v) is 7.04. The minimum Gasteiger partial charge on any atom is -0.481 e. The molecule has 1 saturated heterocycles. The number of aliphatic carboxylic acids is 1. The zero-order valence-electron chi connectivity index (χ0n) is 11.2. The van der Waals surface area contributed by atoms with Gasteiger partial charge < -0.3 is 14.4 Å². The van der Waals surface area contributed by atoms with E-state index in [1.165, 1.54) is 0 Å². The Labute approximate surface area is 116 Å². The van der Waals surface area contributed by atoms with Crippen LogP contribution in [0.5, 0.6) is 0 Å². The molecule has 0 aromatic carbocycles. The van der Waals surface area contributed by atoms with E-state index in [9.17, 15) is 9.90 Å². The van der Waals surface area contributed by atoms with Crippen molar-refractivity contribution in [1.82, 2.24) is 10.1 Å². The van der Waals surface area contributed by atoms with Crippen LogP contribution in [0, 0.1) is 5.92 Å². The number of aromatic nitrogens is 2. The van der Waals surface area contributed by atoms with Crippen molar-refractivity contribution < 1.29 is 19.2 Å². The van der Waals surface area contributed by atoms with E-state index in [0.29, 0.717) is 31.2 Å². The van der Waals surface area contributed by atoms with Gasteiger partial charge in [0, 0.05) is 12.5 Å². The SMILES string of the molecule is O=C(O)[C@H]1CC=CC[C@H]1c1nc(C2CCCOC2)no1. The molecule has 6 heteroatoms. The molecule has 20 heavy (non-hydrogen) atoms. The van der Waals surface area contributed by atoms with E-state index in [2.05, 4.69) is 10.1 Å². The number of allylic oxidation sites excluding steroid dienone is 2. The average Bonchev–Trinajstić information content (AvgIpc) is 2.98. The fraction of sp³-hybridized carbons (Fsp3) is 0.643. The molecule has 3 rings (SSSR count). The monoisotopic (exact) mass is 278 g/mol. The summed E-state index contributed by atoms with van der Waals surface area (Å²) >= 11 is 0. The zero-order valence-corrected chi connectivity index (χ0v) is 11.2. The quantitative estimate of drug-likeness (QED) is 0.852. The largest absolute Gasteiger partial charge is 0.481 e. The van der Waals surface area contributed by atoms with Gasteiger partial charge >= 0.3 is 5.97 Å². The van der Waals surface area contributed by atoms with Gasteiger partial charge in [0.2, 0.25) is 5.89 Å². The highest BCUT2D eigenvalue weighted by Gasteiger charge is 2.34. The van der Waals surface area contributed by atoms with Crippen LogP contribution in [0.4, 0.5) is 0 Å². The van der Waals surface area contributed by atoms with Crippen LogP contribution in [0.1, 0.15) is 49.2 Å². The first kappa shape index (κ1) is 13.3. The summed E-state index contributed by atoms with van der Waals surface area (Å²) in [6.45, 7) is 1.40. The lowest BCUT2D eigenvalue weighted by atomic mass is 9.83. The molecule has 108 valence electrons. The van der Waals surface area contributed by atoms with Crippen LogP contribution in [0.15, 0.2) is 16.7 Å². The van der Waals surface area contributed by atoms with Gasteiger partial charge in [-0.15, -0.1) is 0 Å². The Kier molecular flexibility index (Phi) is 3.82. The molecule has 2 heterocycles. The Morgan fingerprint density at radius 1 is 1.35 bits per heavy atom. The van der Waals surface area contributed by atoms with Crippen LogP contribution in [-0.2, 0) is 9.53 Å². The number of hydrogen-bond acceptors (Lipinski definition) is 5. The molecule has 2 aliphatic rings. The van der Waals surface area contributed by atoms with E-state index in [4.69, 9.17) is 9.26 Å². The average molecular weight is 278 g/mol. The second-order valence-corrected chi connectivity index (χ2v) is 5.40. The number of carboxylic acids is 1. The van der Waals surface area contributed by atoms with Gasteiger partial charge in [-0.05, 0) is 25.7 Å². The first-order valence-electron chi connectivity index (χ1n) is 7.04. The van der Waals surface area contributed by atoms with Crippen molar-refractivity contribution in [2.45, 2.75) is 37.5 Å². The molecule has 0 spiro atoms. The molecule has 0 saturated carbocycles. The third kappa shape index (κ3) is 2.60. The second kappa shape index (κ2) is 5.75. The lowest BCUT2D eigenvalue weighted by molar-refractivity contribution is -0.142. The van der Waals surface area contributed by atoms with Gasteiger partial charge in [0.25, 0.3) is 0 Å². The maximum Gasteiger partial charge on any atom is 0.307 e. The van der Waals surface area contributed by atoms with Gasteiger partial charge in [-0.1, -0.05) is 17.3 Å². The number of hydrogen-bond donors (Lipinski definition) is 1. The van der Waals surface area contributed by atoms with Crippen LogP contribution in [0.3, 0.4) is 0 Å². The summed E-state index contributed by atoms with van der Waals surface area (Å²) < 4.78 is 10.7. The van der Waals surface area contributed by atoms with Crippen molar-refractivity contribution >= 4 is 5.97 Å². The molecule has 0 bridgehead atoms. The molecule has 6 nitrogen and oxygen atoms in total. The van der Waals surface area contributed by atoms with E-state index in [1.54, 1.807) is 0 Å². The summed E-state index contributed by atoms with van der Waals surface area (Å²) in [5.74, 6) is -0.233. The van der Waals surface area contributed by atoms with Crippen molar-refractivity contribution in [3.8, 4) is 0 Å². The zero-order chi connectivity index (χ0) is 13.9. The Morgan fingerprint density at radius 2 is 2.20 bits per heavy atom. The number of ether oxygens (including phenoxy) is 1. The standard InChI is InChI=1S/C14H18N2O4/c17-14(18)11-6-2-1-5-10(11)13-15-12(16-20-13)9-4-3-7-19-8-9/h1-2,9-11H,3-8H2,(H,17,18)/t9?,10-,11+/m1/s1. The molecule has 1 unspecified atom stereocenters. The first-order chi connectivity index (χ1) is 9.75. The third-order valence-electron chi connectivity index (χ3n) is 4.05. The van der Waals surface area contributed by atoms with Crippen LogP contribution in [0.25, 0.3) is 0 Å². The Balaban J connectivity index is 1.78. The Morgan fingerprint density at radius 3 is 2.95 bits per heavy atom. The lowest BCUT2D eigenvalue weighted by Crippen LogP contribution is -2.24. The van der Waals surface area contributed by atoms with E-state index in [-0.39, 0.29) is 11.8 Å². The highest BCUT2D eigenvalue weighted by atomic mass is 16.5. The molecule has 3 atom stereocenters. The van der Waals surface area contributed by atoms with Gasteiger partial charge in [0.15, 0.2) is 5.82 Å². The van der Waals surface area contributed by atoms with Crippen molar-refractivity contribution in [3.05, 3.63) is 23.9 Å². The van der Waals surface area contributed by atoms with Gasteiger partial charge in [0.1, 0.15) is 0 Å². The molecule has 1 aromatic heterocycles. The molecule has 1 aliphatic carbocycles. The predicted molar refractivity (Wildman–Crippen MR) is 69.3 cm³/mol. The maximum atomic E-state index is 11.3. The summed E-state index contributed by atoms with van der Waals surface area (Å²) in [7, 11) is 0. The summed E-state index contributed by atoms with van der Waals surface area (Å²) in [6.07, 6.45) is 7.04. The summed E-state index contributed by atoms with van der Waals surface area (Å²) in [5.41, 5.74) is 0. The highest BCUT2D eigenvalue weighted by molar-refractivity contribution is 5.71. The van der Waals surface area contributed by atoms with Crippen LogP contribution in [-0.4, -0.2) is 34.4 Å². The normalized spacial score (nSPS) is 30.3. The van der Waals surface area contributed by atoms with Crippen LogP contribution >= 0.6 is 0 Å². The van der Waals surface area contributed by atoms with E-state index in [1.807, 2.05) is 12.2 Å². The molecular formula is C14H18N2O4. The van der Waals surface area contributed by atoms with E-state index < -0.39 is 11.9 Å². The second-order valence-electron chi connectivity index (χ2n) is 5.40. The number of nitrogens with zero attached hydrogens (tertiary/aromatic N) is 2. The van der Waals surface area contributed by atoms with Gasteiger partial charge in [-0.25, -0.2) is 0 Å². The fourth-order valence-corrected chi connectivity index (χ4v) is 2.87. The summed E-state index contributed by atoms with van der Waals surface area (Å²) in [4.78, 5) is 15.7. The van der Waals surface area contributed by atoms with Crippen molar-refractivity contribution in [3.63, 3.8) is 0 Å². The van der Waals surface area contributed by atoms with Gasteiger partial charge in [-0.2, -0.15) is 4.98 Å². The van der Waals surface area contributed by atoms with Gasteiger partial charge in [-0.3, -0.25) is 4.79 Å². The Hall–Kier alpha value is -1.69. The number of carboxylic acid groups (broad SMARTS) is 1. The maximum absolute atomic E-state index is 11.3. The number of carbonyl (C=O) groups is 1. The van der Waals surface area contributed by atoms with Crippen molar-refractivity contribution in [2.75, 3.05) is 13.2 Å². The van der Waals surface area contributed by atoms with Crippen LogP contribution in [0.2, 0.25) is 0 Å². The van der Waals surface area contributed by atoms with Crippen molar-refractivity contribution in [1.29, 1.82) is 0 Å². The summed E-state index contributed by atoms with van der Waals surface area (Å²) in [6, 6.07) is 0.